The molecule has 0 saturated heterocycles. The molecule has 0 unspecified atom stereocenters. The number of alkyl halides is 1. The molecular weight excluding hydrogens is 258 g/mol. The van der Waals surface area contributed by atoms with Crippen LogP contribution in [-0.4, -0.2) is 18.2 Å². The highest BCUT2D eigenvalue weighted by Gasteiger charge is 2.14. The van der Waals surface area contributed by atoms with Crippen LogP contribution >= 0.6 is 15.9 Å². The van der Waals surface area contributed by atoms with E-state index in [4.69, 9.17) is 10.00 Å². The second-order valence-corrected chi connectivity index (χ2v) is 3.55. The largest absolute Gasteiger partial charge is 0.495 e. The van der Waals surface area contributed by atoms with Gasteiger partial charge < -0.3 is 4.74 Å². The summed E-state index contributed by atoms with van der Waals surface area (Å²) in [5.74, 6) is 0.458. The van der Waals surface area contributed by atoms with Gasteiger partial charge in [-0.1, -0.05) is 15.9 Å². The molecule has 0 fully saturated rings. The Bertz CT molecular complexity index is 435. The van der Waals surface area contributed by atoms with Crippen LogP contribution in [0.25, 0.3) is 0 Å². The Kier molecular flexibility index (Phi) is 3.87. The standard InChI is InChI=1S/C11H10BrNO2/c1-7-9(10(14)5-12)4-3-8(6-13)11(7)15-2/h3-4H,5H2,1-2H3. The summed E-state index contributed by atoms with van der Waals surface area (Å²) in [6.45, 7) is 1.77. The molecule has 15 heavy (non-hydrogen) atoms. The molecule has 0 aliphatic carbocycles. The van der Waals surface area contributed by atoms with E-state index in [0.717, 1.165) is 0 Å². The number of halogens is 1. The van der Waals surface area contributed by atoms with E-state index >= 15 is 0 Å². The number of nitrogens with zero attached hydrogens (tertiary/aromatic N) is 1. The van der Waals surface area contributed by atoms with E-state index in [9.17, 15) is 4.79 Å². The summed E-state index contributed by atoms with van der Waals surface area (Å²) in [5, 5.41) is 9.10. The molecule has 1 aromatic rings. The fourth-order valence-corrected chi connectivity index (χ4v) is 1.72. The maximum atomic E-state index is 11.5. The first-order chi connectivity index (χ1) is 7.15. The molecule has 3 nitrogen and oxygen atoms in total. The summed E-state index contributed by atoms with van der Waals surface area (Å²) in [4.78, 5) is 11.5. The van der Waals surface area contributed by atoms with Crippen molar-refractivity contribution < 1.29 is 9.53 Å². The summed E-state index contributed by atoms with van der Waals surface area (Å²) in [6.07, 6.45) is 0. The van der Waals surface area contributed by atoms with Crippen molar-refractivity contribution in [1.29, 1.82) is 5.26 Å². The second-order valence-electron chi connectivity index (χ2n) is 2.99. The number of ketones is 1. The minimum atomic E-state index is -0.0183. The number of ether oxygens (including phenoxy) is 1. The first-order valence-corrected chi connectivity index (χ1v) is 5.44. The van der Waals surface area contributed by atoms with Gasteiger partial charge in [0.25, 0.3) is 0 Å². The number of methoxy groups -OCH3 is 1. The van der Waals surface area contributed by atoms with Gasteiger partial charge in [0.1, 0.15) is 11.8 Å². The fraction of sp³-hybridized carbons (Fsp3) is 0.273. The van der Waals surface area contributed by atoms with Crippen molar-refractivity contribution in [2.75, 3.05) is 12.4 Å². The minimum absolute atomic E-state index is 0.0183. The van der Waals surface area contributed by atoms with Crippen molar-refractivity contribution in [2.45, 2.75) is 6.92 Å². The lowest BCUT2D eigenvalue weighted by atomic mass is 10.0. The quantitative estimate of drug-likeness (QED) is 0.625. The van der Waals surface area contributed by atoms with Crippen LogP contribution in [0.15, 0.2) is 12.1 Å². The Morgan fingerprint density at radius 1 is 1.60 bits per heavy atom. The van der Waals surface area contributed by atoms with Crippen LogP contribution in [0.4, 0.5) is 0 Å². The summed E-state index contributed by atoms with van der Waals surface area (Å²) in [6, 6.07) is 5.28. The fourth-order valence-electron chi connectivity index (χ4n) is 1.42. The third-order valence-corrected chi connectivity index (χ3v) is 2.66. The second kappa shape index (κ2) is 4.94. The number of Topliss-reactive ketones (excluding diaryl/α,β-unsaturated/α-hetero) is 1. The van der Waals surface area contributed by atoms with Crippen LogP contribution in [0, 0.1) is 18.3 Å². The van der Waals surface area contributed by atoms with Gasteiger partial charge >= 0.3 is 0 Å². The van der Waals surface area contributed by atoms with Gasteiger partial charge in [-0.05, 0) is 19.1 Å². The molecule has 1 rings (SSSR count). The lowest BCUT2D eigenvalue weighted by Gasteiger charge is -2.10. The lowest BCUT2D eigenvalue weighted by Crippen LogP contribution is -2.05. The van der Waals surface area contributed by atoms with Crippen molar-refractivity contribution in [2.24, 2.45) is 0 Å². The average Bonchev–Trinajstić information content (AvgIpc) is 2.27. The van der Waals surface area contributed by atoms with Crippen molar-refractivity contribution >= 4 is 21.7 Å². The maximum Gasteiger partial charge on any atom is 0.173 e. The number of carbonyl (C=O) groups is 1. The van der Waals surface area contributed by atoms with Crippen LogP contribution in [0.5, 0.6) is 5.75 Å². The highest BCUT2D eigenvalue weighted by molar-refractivity contribution is 9.09. The van der Waals surface area contributed by atoms with Crippen LogP contribution in [0.2, 0.25) is 0 Å². The van der Waals surface area contributed by atoms with Gasteiger partial charge in [0.15, 0.2) is 5.78 Å². The van der Waals surface area contributed by atoms with Crippen molar-refractivity contribution in [1.82, 2.24) is 0 Å². The van der Waals surface area contributed by atoms with Crippen molar-refractivity contribution in [3.63, 3.8) is 0 Å². The molecule has 0 radical (unpaired) electrons. The Hall–Kier alpha value is -1.34. The number of benzene rings is 1. The summed E-state index contributed by atoms with van der Waals surface area (Å²) >= 11 is 3.11. The lowest BCUT2D eigenvalue weighted by molar-refractivity contribution is 0.102. The van der Waals surface area contributed by atoms with Crippen LogP contribution in [0.3, 0.4) is 0 Å². The molecule has 0 atom stereocenters. The van der Waals surface area contributed by atoms with Gasteiger partial charge in [0, 0.05) is 11.1 Å². The van der Waals surface area contributed by atoms with E-state index in [1.54, 1.807) is 19.1 Å². The molecule has 4 heteroatoms. The molecule has 0 aromatic heterocycles. The van der Waals surface area contributed by atoms with E-state index in [1.807, 2.05) is 6.07 Å². The van der Waals surface area contributed by atoms with Crippen LogP contribution < -0.4 is 4.74 Å². The van der Waals surface area contributed by atoms with Gasteiger partial charge in [0.05, 0.1) is 18.0 Å². The number of nitriles is 1. The third-order valence-electron chi connectivity index (χ3n) is 2.15. The number of rotatable bonds is 3. The van der Waals surface area contributed by atoms with Gasteiger partial charge in [0.2, 0.25) is 0 Å². The van der Waals surface area contributed by atoms with E-state index in [-0.39, 0.29) is 11.1 Å². The minimum Gasteiger partial charge on any atom is -0.495 e. The molecular formula is C11H10BrNO2. The average molecular weight is 268 g/mol. The van der Waals surface area contributed by atoms with E-state index < -0.39 is 0 Å². The molecule has 0 aliphatic heterocycles. The molecule has 78 valence electrons. The van der Waals surface area contributed by atoms with Crippen molar-refractivity contribution in [3.05, 3.63) is 28.8 Å². The zero-order chi connectivity index (χ0) is 11.4. The van der Waals surface area contributed by atoms with E-state index in [2.05, 4.69) is 15.9 Å². The monoisotopic (exact) mass is 267 g/mol. The number of hydrogen-bond donors (Lipinski definition) is 0. The third kappa shape index (κ3) is 2.18. The number of hydrogen-bond acceptors (Lipinski definition) is 3. The predicted octanol–water partition coefficient (Wildman–Crippen LogP) is 2.45. The first-order valence-electron chi connectivity index (χ1n) is 4.32. The molecule has 0 heterocycles. The van der Waals surface area contributed by atoms with Gasteiger partial charge in [-0.2, -0.15) is 5.26 Å². The van der Waals surface area contributed by atoms with E-state index in [1.165, 1.54) is 7.11 Å². The molecule has 0 aliphatic rings. The SMILES string of the molecule is COc1c(C#N)ccc(C(=O)CBr)c1C. The van der Waals surface area contributed by atoms with Crippen LogP contribution in [-0.2, 0) is 0 Å². The van der Waals surface area contributed by atoms with Gasteiger partial charge in [-0.15, -0.1) is 0 Å². The van der Waals surface area contributed by atoms with Crippen LogP contribution in [0.1, 0.15) is 21.5 Å². The molecule has 0 spiro atoms. The smallest absolute Gasteiger partial charge is 0.173 e. The first kappa shape index (κ1) is 11.7. The number of carbonyl (C=O) groups excluding carboxylic acids is 1. The Labute approximate surface area is 96.8 Å². The summed E-state index contributed by atoms with van der Waals surface area (Å²) in [5.41, 5.74) is 1.74. The van der Waals surface area contributed by atoms with E-state index in [0.29, 0.717) is 22.4 Å². The van der Waals surface area contributed by atoms with Crippen molar-refractivity contribution in [3.8, 4) is 11.8 Å². The zero-order valence-electron chi connectivity index (χ0n) is 8.50. The van der Waals surface area contributed by atoms with Gasteiger partial charge in [-0.25, -0.2) is 0 Å². The normalized spacial score (nSPS) is 9.47. The Morgan fingerprint density at radius 3 is 2.73 bits per heavy atom. The Balaban J connectivity index is 3.37. The molecule has 0 N–H and O–H groups in total. The molecule has 1 aromatic carbocycles. The highest BCUT2D eigenvalue weighted by Crippen LogP contribution is 2.26. The topological polar surface area (TPSA) is 50.1 Å². The molecule has 0 bridgehead atoms. The molecule has 0 saturated carbocycles. The Morgan fingerprint density at radius 2 is 2.27 bits per heavy atom. The maximum absolute atomic E-state index is 11.5. The molecule has 0 amide bonds. The summed E-state index contributed by atoms with van der Waals surface area (Å²) < 4.78 is 5.11. The highest BCUT2D eigenvalue weighted by atomic mass is 79.9. The van der Waals surface area contributed by atoms with Gasteiger partial charge in [-0.3, -0.25) is 4.79 Å². The summed E-state index contributed by atoms with van der Waals surface area (Å²) in [7, 11) is 1.49. The predicted molar refractivity (Wildman–Crippen MR) is 60.6 cm³/mol. The zero-order valence-corrected chi connectivity index (χ0v) is 10.1.